The predicted molar refractivity (Wildman–Crippen MR) is 226 cm³/mol. The lowest BCUT2D eigenvalue weighted by Gasteiger charge is -2.39. The second-order valence-corrected chi connectivity index (χ2v) is 17.2. The van der Waals surface area contributed by atoms with E-state index in [4.69, 9.17) is 15.3 Å². The van der Waals surface area contributed by atoms with Crippen LogP contribution in [0.4, 0.5) is 0 Å². The Balaban J connectivity index is 1.95. The van der Waals surface area contributed by atoms with Gasteiger partial charge in [0.2, 0.25) is 17.7 Å². The van der Waals surface area contributed by atoms with Crippen molar-refractivity contribution in [3.8, 4) is 0 Å². The number of carbonyl (C=O) groups is 6. The quantitative estimate of drug-likeness (QED) is 0.0410. The molecule has 2 aromatic rings. The summed E-state index contributed by atoms with van der Waals surface area (Å²) in [5.41, 5.74) is 4.35. The average Bonchev–Trinajstić information content (AvgIpc) is 3.70. The van der Waals surface area contributed by atoms with Gasteiger partial charge in [-0.05, 0) is 70.0 Å². The van der Waals surface area contributed by atoms with Crippen LogP contribution in [-0.2, 0) is 39.9 Å². The van der Waals surface area contributed by atoms with Gasteiger partial charge in [-0.15, -0.1) is 11.3 Å². The minimum Gasteiger partial charge on any atom is -0.455 e. The van der Waals surface area contributed by atoms with Gasteiger partial charge < -0.3 is 25.0 Å². The maximum Gasteiger partial charge on any atom is 0.307 e. The molecule has 4 amide bonds. The molecule has 328 valence electrons. The molecule has 1 saturated heterocycles. The van der Waals surface area contributed by atoms with Crippen molar-refractivity contribution in [1.82, 2.24) is 30.8 Å². The number of esters is 2. The molecule has 0 radical (unpaired) electrons. The highest BCUT2D eigenvalue weighted by Crippen LogP contribution is 2.32. The van der Waals surface area contributed by atoms with Crippen molar-refractivity contribution in [3.05, 3.63) is 51.5 Å². The molecule has 1 aromatic heterocycles. The Hall–Kier alpha value is -4.41. The molecule has 1 fully saturated rings. The molecule has 2 heterocycles. The van der Waals surface area contributed by atoms with Gasteiger partial charge in [-0.25, -0.2) is 10.8 Å². The lowest BCUT2D eigenvalue weighted by atomic mass is 9.92. The summed E-state index contributed by atoms with van der Waals surface area (Å²) >= 11 is 1.14. The van der Waals surface area contributed by atoms with Gasteiger partial charge in [0.05, 0.1) is 6.04 Å². The van der Waals surface area contributed by atoms with E-state index in [2.05, 4.69) is 21.0 Å². The van der Waals surface area contributed by atoms with Crippen LogP contribution in [0.1, 0.15) is 133 Å². The first-order chi connectivity index (χ1) is 28.0. The number of hydrazine groups is 1. The third-order valence-corrected chi connectivity index (χ3v) is 12.0. The van der Waals surface area contributed by atoms with Crippen molar-refractivity contribution in [2.45, 2.75) is 143 Å². The summed E-state index contributed by atoms with van der Waals surface area (Å²) in [5, 5.41) is 8.02. The van der Waals surface area contributed by atoms with Gasteiger partial charge in [0.15, 0.2) is 12.8 Å². The number of rotatable bonds is 22. The van der Waals surface area contributed by atoms with Crippen molar-refractivity contribution in [1.29, 1.82) is 0 Å². The Labute approximate surface area is 353 Å². The van der Waals surface area contributed by atoms with E-state index in [0.717, 1.165) is 41.9 Å². The largest absolute Gasteiger partial charge is 0.455 e. The van der Waals surface area contributed by atoms with Gasteiger partial charge in [0, 0.05) is 43.1 Å². The minimum absolute atomic E-state index is 0.0667. The summed E-state index contributed by atoms with van der Waals surface area (Å²) in [6, 6.07) is 5.55. The molecule has 0 spiro atoms. The molecule has 0 bridgehead atoms. The van der Waals surface area contributed by atoms with Crippen LogP contribution in [0.15, 0.2) is 29.6 Å². The number of ether oxygens (including phenoxy) is 2. The van der Waals surface area contributed by atoms with Crippen molar-refractivity contribution >= 4 is 46.9 Å². The summed E-state index contributed by atoms with van der Waals surface area (Å²) in [5.74, 6) is 1.91. The number of piperidine rings is 1. The Kier molecular flexibility index (Phi) is 19.9. The van der Waals surface area contributed by atoms with Crippen LogP contribution in [0, 0.1) is 24.7 Å². The summed E-state index contributed by atoms with van der Waals surface area (Å²) in [4.78, 5) is 88.0. The number of thiazole rings is 1. The van der Waals surface area contributed by atoms with E-state index in [1.54, 1.807) is 12.3 Å². The summed E-state index contributed by atoms with van der Waals surface area (Å²) in [6.45, 7) is 15.0. The third-order valence-electron chi connectivity index (χ3n) is 11.1. The normalized spacial score (nSPS) is 17.4. The minimum atomic E-state index is -0.975. The molecule has 7 atom stereocenters. The number of likely N-dealkylation sites (tertiary alicyclic amines) is 1. The molecular weight excluding hydrogens is 775 g/mol. The van der Waals surface area contributed by atoms with E-state index in [-0.39, 0.29) is 55.0 Å². The standard InChI is InChI=1S/C43H67N7O8S/c1-10-14-37(52)57-25-50(43(56)38(28(6)11-2)47-41(55)34-15-12-13-20-49(34)9)35(26(3)4)23-36(58-30(8)51)42-46-33(24-59-42)40(54)45-32(21-29(7)39(53)48-44)22-31-18-16-27(5)17-19-31/h16-19,24,26,28-29,32,34-36,38H,10-15,20-23,25,44H2,1-9H3,(H,45,54)(H,47,55)(H,48,53)/t28?,29-,32+,34+,35+,36+,38-/m0/s1. The van der Waals surface area contributed by atoms with Crippen LogP contribution in [0.2, 0.25) is 0 Å². The first-order valence-electron chi connectivity index (χ1n) is 20.9. The number of benzene rings is 1. The second kappa shape index (κ2) is 24.0. The molecule has 1 unspecified atom stereocenters. The number of hydrogen-bond donors (Lipinski definition) is 4. The number of carbonyl (C=O) groups excluding carboxylic acids is 6. The Bertz CT molecular complexity index is 1700. The van der Waals surface area contributed by atoms with Crippen molar-refractivity contribution in [2.24, 2.45) is 23.6 Å². The van der Waals surface area contributed by atoms with Crippen LogP contribution in [-0.4, -0.2) is 94.8 Å². The molecule has 15 nitrogen and oxygen atoms in total. The SMILES string of the molecule is CCCC(=O)OCN(C(=O)[C@@H](NC(=O)[C@H]1CCCCN1C)C(C)CC)[C@H](C[C@@H](OC(C)=O)c1nc(C(=O)N[C@@H](Cc2ccc(C)cc2)C[C@H](C)C(=O)NN)cs1)C(C)C. The zero-order chi connectivity index (χ0) is 43.8. The van der Waals surface area contributed by atoms with Gasteiger partial charge >= 0.3 is 11.9 Å². The molecule has 0 saturated carbocycles. The lowest BCUT2D eigenvalue weighted by molar-refractivity contribution is -0.160. The topological polar surface area (TPSA) is 202 Å². The maximum absolute atomic E-state index is 14.8. The monoisotopic (exact) mass is 841 g/mol. The lowest BCUT2D eigenvalue weighted by Crippen LogP contribution is -2.59. The molecule has 3 rings (SSSR count). The van der Waals surface area contributed by atoms with E-state index in [0.29, 0.717) is 37.1 Å². The first-order valence-corrected chi connectivity index (χ1v) is 21.8. The molecule has 0 aliphatic carbocycles. The zero-order valence-electron chi connectivity index (χ0n) is 36.4. The van der Waals surface area contributed by atoms with E-state index in [1.165, 1.54) is 11.8 Å². The number of nitrogens with one attached hydrogen (secondary N) is 3. The van der Waals surface area contributed by atoms with E-state index in [9.17, 15) is 28.8 Å². The van der Waals surface area contributed by atoms with Crippen molar-refractivity contribution in [2.75, 3.05) is 20.3 Å². The van der Waals surface area contributed by atoms with E-state index < -0.39 is 53.9 Å². The molecule has 16 heteroatoms. The fraction of sp³-hybridized carbons (Fsp3) is 0.651. The summed E-state index contributed by atoms with van der Waals surface area (Å²) in [7, 11) is 1.91. The number of likely N-dealkylation sites (N-methyl/N-ethyl adjacent to an activating group) is 1. The van der Waals surface area contributed by atoms with Gasteiger partial charge in [-0.1, -0.05) is 84.2 Å². The Morgan fingerprint density at radius 3 is 2.31 bits per heavy atom. The predicted octanol–water partition coefficient (Wildman–Crippen LogP) is 4.97. The van der Waals surface area contributed by atoms with Crippen LogP contribution in [0.5, 0.6) is 0 Å². The first kappa shape index (κ1) is 49.0. The van der Waals surface area contributed by atoms with Crippen molar-refractivity contribution < 1.29 is 38.2 Å². The zero-order valence-corrected chi connectivity index (χ0v) is 37.2. The van der Waals surface area contributed by atoms with Crippen LogP contribution >= 0.6 is 11.3 Å². The van der Waals surface area contributed by atoms with Gasteiger partial charge in [-0.2, -0.15) is 0 Å². The van der Waals surface area contributed by atoms with Crippen LogP contribution in [0.25, 0.3) is 0 Å². The van der Waals surface area contributed by atoms with E-state index in [1.807, 2.05) is 77.8 Å². The molecule has 1 aliphatic rings. The number of nitrogens with zero attached hydrogens (tertiary/aromatic N) is 3. The molecule has 5 N–H and O–H groups in total. The Morgan fingerprint density at radius 2 is 1.71 bits per heavy atom. The van der Waals surface area contributed by atoms with E-state index >= 15 is 0 Å². The number of hydrogen-bond acceptors (Lipinski definition) is 12. The number of nitrogens with two attached hydrogens (primary N) is 1. The van der Waals surface area contributed by atoms with Gasteiger partial charge in [0.25, 0.3) is 5.91 Å². The number of amides is 4. The Morgan fingerprint density at radius 1 is 1.02 bits per heavy atom. The molecule has 1 aromatic carbocycles. The van der Waals surface area contributed by atoms with Crippen LogP contribution < -0.4 is 21.9 Å². The highest BCUT2D eigenvalue weighted by Gasteiger charge is 2.39. The highest BCUT2D eigenvalue weighted by molar-refractivity contribution is 7.09. The molecule has 59 heavy (non-hydrogen) atoms. The summed E-state index contributed by atoms with van der Waals surface area (Å²) < 4.78 is 11.5. The fourth-order valence-electron chi connectivity index (χ4n) is 7.31. The smallest absolute Gasteiger partial charge is 0.307 e. The van der Waals surface area contributed by atoms with Crippen LogP contribution in [0.3, 0.4) is 0 Å². The maximum atomic E-state index is 14.8. The van der Waals surface area contributed by atoms with Gasteiger partial charge in [-0.3, -0.25) is 39.1 Å². The third kappa shape index (κ3) is 15.0. The van der Waals surface area contributed by atoms with Gasteiger partial charge in [0.1, 0.15) is 16.7 Å². The average molecular weight is 842 g/mol. The number of aryl methyl sites for hydroxylation is 1. The highest BCUT2D eigenvalue weighted by atomic mass is 32.1. The molecular formula is C43H67N7O8S. The number of aromatic nitrogens is 1. The second-order valence-electron chi connectivity index (χ2n) is 16.3. The van der Waals surface area contributed by atoms with Crippen molar-refractivity contribution in [3.63, 3.8) is 0 Å². The fourth-order valence-corrected chi connectivity index (χ4v) is 8.15. The summed E-state index contributed by atoms with van der Waals surface area (Å²) in [6.07, 6.45) is 3.78. The molecule has 1 aliphatic heterocycles.